The molecule has 1 aliphatic heterocycles. The number of rotatable bonds is 0. The lowest BCUT2D eigenvalue weighted by Crippen LogP contribution is -2.33. The summed E-state index contributed by atoms with van der Waals surface area (Å²) in [6.45, 7) is 4.24. The van der Waals surface area contributed by atoms with Crippen molar-refractivity contribution in [2.45, 2.75) is 19.5 Å². The smallest absolute Gasteiger partial charge is 0.0410 e. The first-order chi connectivity index (χ1) is 6.66. The van der Waals surface area contributed by atoms with E-state index in [2.05, 4.69) is 58.3 Å². The number of nitrogens with zero attached hydrogens (tertiary/aromatic N) is 1. The Morgan fingerprint density at radius 3 is 3.07 bits per heavy atom. The number of anilines is 1. The normalized spacial score (nSPS) is 21.6. The second-order valence-electron chi connectivity index (χ2n) is 3.94. The maximum atomic E-state index is 3.50. The van der Waals surface area contributed by atoms with E-state index in [1.54, 1.807) is 0 Å². The standard InChI is InChI=1S/C11H15BrN2/c1-8-7-14(2)11-4-3-10(12)5-9(11)6-13-8/h3-5,8,13H,6-7H2,1-2H3. The van der Waals surface area contributed by atoms with Crippen LogP contribution in [0.3, 0.4) is 0 Å². The Bertz CT molecular complexity index is 338. The highest BCUT2D eigenvalue weighted by Gasteiger charge is 2.15. The molecule has 0 fully saturated rings. The summed E-state index contributed by atoms with van der Waals surface area (Å²) in [6, 6.07) is 7.02. The Balaban J connectivity index is 2.38. The lowest BCUT2D eigenvalue weighted by molar-refractivity contribution is 0.563. The van der Waals surface area contributed by atoms with Crippen LogP contribution in [-0.4, -0.2) is 19.6 Å². The second-order valence-corrected chi connectivity index (χ2v) is 4.85. The van der Waals surface area contributed by atoms with Crippen molar-refractivity contribution >= 4 is 21.6 Å². The van der Waals surface area contributed by atoms with Gasteiger partial charge in [-0.25, -0.2) is 0 Å². The van der Waals surface area contributed by atoms with Crippen LogP contribution in [-0.2, 0) is 6.54 Å². The van der Waals surface area contributed by atoms with Crippen LogP contribution < -0.4 is 10.2 Å². The van der Waals surface area contributed by atoms with Crippen LogP contribution in [0.25, 0.3) is 0 Å². The predicted molar refractivity (Wildman–Crippen MR) is 63.7 cm³/mol. The molecule has 1 unspecified atom stereocenters. The fourth-order valence-corrected chi connectivity index (χ4v) is 2.33. The van der Waals surface area contributed by atoms with E-state index in [0.717, 1.165) is 17.6 Å². The fourth-order valence-electron chi connectivity index (χ4n) is 1.93. The SMILES string of the molecule is CC1CN(C)c2ccc(Br)cc2CN1. The van der Waals surface area contributed by atoms with Crippen molar-refractivity contribution in [2.24, 2.45) is 0 Å². The average Bonchev–Trinajstić information content (AvgIpc) is 2.26. The van der Waals surface area contributed by atoms with E-state index in [-0.39, 0.29) is 0 Å². The third-order valence-electron chi connectivity index (χ3n) is 2.64. The minimum atomic E-state index is 0.547. The molecule has 2 nitrogen and oxygen atoms in total. The maximum Gasteiger partial charge on any atom is 0.0410 e. The monoisotopic (exact) mass is 254 g/mol. The third kappa shape index (κ3) is 1.93. The van der Waals surface area contributed by atoms with Gasteiger partial charge in [0.1, 0.15) is 0 Å². The molecule has 0 saturated carbocycles. The summed E-state index contributed by atoms with van der Waals surface area (Å²) >= 11 is 3.50. The van der Waals surface area contributed by atoms with Gasteiger partial charge in [0.15, 0.2) is 0 Å². The lowest BCUT2D eigenvalue weighted by atomic mass is 10.1. The summed E-state index contributed by atoms with van der Waals surface area (Å²) in [5.74, 6) is 0. The molecule has 14 heavy (non-hydrogen) atoms. The minimum Gasteiger partial charge on any atom is -0.373 e. The number of benzene rings is 1. The molecule has 0 radical (unpaired) electrons. The van der Waals surface area contributed by atoms with Crippen LogP contribution in [0.15, 0.2) is 22.7 Å². The number of hydrogen-bond acceptors (Lipinski definition) is 2. The Hall–Kier alpha value is -0.540. The predicted octanol–water partition coefficient (Wildman–Crippen LogP) is 2.38. The molecule has 76 valence electrons. The maximum absolute atomic E-state index is 3.50. The van der Waals surface area contributed by atoms with Gasteiger partial charge in [-0.3, -0.25) is 0 Å². The van der Waals surface area contributed by atoms with Crippen LogP contribution in [0, 0.1) is 0 Å². The van der Waals surface area contributed by atoms with Gasteiger partial charge in [0.2, 0.25) is 0 Å². The van der Waals surface area contributed by atoms with E-state index < -0.39 is 0 Å². The number of fused-ring (bicyclic) bond motifs is 1. The van der Waals surface area contributed by atoms with Gasteiger partial charge in [-0.05, 0) is 30.7 Å². The quantitative estimate of drug-likeness (QED) is 0.765. The molecule has 1 aliphatic rings. The van der Waals surface area contributed by atoms with Gasteiger partial charge in [-0.1, -0.05) is 15.9 Å². The van der Waals surface area contributed by atoms with Crippen LogP contribution in [0.4, 0.5) is 5.69 Å². The van der Waals surface area contributed by atoms with E-state index >= 15 is 0 Å². The number of hydrogen-bond donors (Lipinski definition) is 1. The highest BCUT2D eigenvalue weighted by Crippen LogP contribution is 2.25. The molecular formula is C11H15BrN2. The highest BCUT2D eigenvalue weighted by atomic mass is 79.9. The minimum absolute atomic E-state index is 0.547. The van der Waals surface area contributed by atoms with E-state index in [1.807, 2.05) is 0 Å². The molecule has 0 aliphatic carbocycles. The van der Waals surface area contributed by atoms with Crippen molar-refractivity contribution in [2.75, 3.05) is 18.5 Å². The lowest BCUT2D eigenvalue weighted by Gasteiger charge is -2.21. The van der Waals surface area contributed by atoms with Gasteiger partial charge in [-0.15, -0.1) is 0 Å². The number of nitrogens with one attached hydrogen (secondary N) is 1. The molecule has 3 heteroatoms. The van der Waals surface area contributed by atoms with Crippen molar-refractivity contribution in [3.05, 3.63) is 28.2 Å². The molecule has 1 aromatic rings. The van der Waals surface area contributed by atoms with Gasteiger partial charge in [0.25, 0.3) is 0 Å². The molecule has 0 amide bonds. The van der Waals surface area contributed by atoms with E-state index in [1.165, 1.54) is 11.3 Å². The second kappa shape index (κ2) is 3.91. The summed E-state index contributed by atoms with van der Waals surface area (Å²) in [5.41, 5.74) is 2.70. The molecule has 1 N–H and O–H groups in total. The van der Waals surface area contributed by atoms with Crippen molar-refractivity contribution in [3.63, 3.8) is 0 Å². The molecule has 0 aromatic heterocycles. The topological polar surface area (TPSA) is 15.3 Å². The first-order valence-electron chi connectivity index (χ1n) is 4.90. The molecule has 1 atom stereocenters. The Kier molecular flexibility index (Phi) is 2.79. The highest BCUT2D eigenvalue weighted by molar-refractivity contribution is 9.10. The molecule has 0 spiro atoms. The van der Waals surface area contributed by atoms with Crippen LogP contribution in [0.1, 0.15) is 12.5 Å². The molecule has 0 saturated heterocycles. The zero-order chi connectivity index (χ0) is 10.1. The first-order valence-corrected chi connectivity index (χ1v) is 5.69. The summed E-state index contributed by atoms with van der Waals surface area (Å²) in [5, 5.41) is 3.50. The Morgan fingerprint density at radius 1 is 1.50 bits per heavy atom. The van der Waals surface area contributed by atoms with Crippen LogP contribution >= 0.6 is 15.9 Å². The molecular weight excluding hydrogens is 240 g/mol. The van der Waals surface area contributed by atoms with Gasteiger partial charge in [0, 0.05) is 36.3 Å². The summed E-state index contributed by atoms with van der Waals surface area (Å²) in [7, 11) is 2.15. The summed E-state index contributed by atoms with van der Waals surface area (Å²) < 4.78 is 1.15. The van der Waals surface area contributed by atoms with Crippen molar-refractivity contribution in [1.82, 2.24) is 5.32 Å². The summed E-state index contributed by atoms with van der Waals surface area (Å²) in [6.07, 6.45) is 0. The fraction of sp³-hybridized carbons (Fsp3) is 0.455. The van der Waals surface area contributed by atoms with Crippen LogP contribution in [0.2, 0.25) is 0 Å². The first kappa shape index (κ1) is 9.99. The number of halogens is 1. The molecule has 2 rings (SSSR count). The zero-order valence-electron chi connectivity index (χ0n) is 8.55. The van der Waals surface area contributed by atoms with Crippen LogP contribution in [0.5, 0.6) is 0 Å². The largest absolute Gasteiger partial charge is 0.373 e. The van der Waals surface area contributed by atoms with E-state index in [0.29, 0.717) is 6.04 Å². The zero-order valence-corrected chi connectivity index (χ0v) is 10.1. The van der Waals surface area contributed by atoms with Gasteiger partial charge in [-0.2, -0.15) is 0 Å². The number of likely N-dealkylation sites (N-methyl/N-ethyl adjacent to an activating group) is 1. The van der Waals surface area contributed by atoms with E-state index in [9.17, 15) is 0 Å². The summed E-state index contributed by atoms with van der Waals surface area (Å²) in [4.78, 5) is 2.31. The molecule has 1 aromatic carbocycles. The van der Waals surface area contributed by atoms with Gasteiger partial charge < -0.3 is 10.2 Å². The average molecular weight is 255 g/mol. The Labute approximate surface area is 93.4 Å². The van der Waals surface area contributed by atoms with Crippen molar-refractivity contribution in [3.8, 4) is 0 Å². The molecule has 0 bridgehead atoms. The van der Waals surface area contributed by atoms with Crippen molar-refractivity contribution < 1.29 is 0 Å². The Morgan fingerprint density at radius 2 is 2.29 bits per heavy atom. The third-order valence-corrected chi connectivity index (χ3v) is 3.13. The molecule has 1 heterocycles. The van der Waals surface area contributed by atoms with Gasteiger partial charge >= 0.3 is 0 Å². The van der Waals surface area contributed by atoms with Crippen molar-refractivity contribution in [1.29, 1.82) is 0 Å². The van der Waals surface area contributed by atoms with E-state index in [4.69, 9.17) is 0 Å². The van der Waals surface area contributed by atoms with Gasteiger partial charge in [0.05, 0.1) is 0 Å².